The molecule has 1 aliphatic heterocycles. The lowest BCUT2D eigenvalue weighted by Crippen LogP contribution is -2.28. The summed E-state index contributed by atoms with van der Waals surface area (Å²) in [5.74, 6) is 0. The lowest BCUT2D eigenvalue weighted by atomic mass is 10.2. The van der Waals surface area contributed by atoms with Crippen molar-refractivity contribution in [2.24, 2.45) is 0 Å². The fourth-order valence-corrected chi connectivity index (χ4v) is 1.18. The van der Waals surface area contributed by atoms with Crippen molar-refractivity contribution < 1.29 is 5.21 Å². The van der Waals surface area contributed by atoms with Crippen LogP contribution < -0.4 is 0 Å². The Bertz CT molecular complexity index is 74.6. The lowest BCUT2D eigenvalue weighted by Gasteiger charge is -2.16. The van der Waals surface area contributed by atoms with E-state index in [1.807, 2.05) is 13.8 Å². The van der Waals surface area contributed by atoms with Gasteiger partial charge in [-0.15, -0.1) is 0 Å². The Morgan fingerprint density at radius 1 is 1.25 bits per heavy atom. The van der Waals surface area contributed by atoms with Crippen molar-refractivity contribution in [2.75, 3.05) is 0 Å². The SMILES string of the molecule is CC1CCC(C)N1O. The maximum Gasteiger partial charge on any atom is 0.0325 e. The van der Waals surface area contributed by atoms with Crippen LogP contribution in [0.3, 0.4) is 0 Å². The third kappa shape index (κ3) is 0.858. The molecule has 0 saturated carbocycles. The second-order valence-corrected chi connectivity index (χ2v) is 2.66. The Kier molecular flexibility index (Phi) is 1.54. The molecule has 0 aromatic rings. The predicted octanol–water partition coefficient (Wildman–Crippen LogP) is 1.25. The standard InChI is InChI=1S/C6H13NO/c1-5-3-4-6(2)7(5)8/h5-6,8H,3-4H2,1-2H3. The van der Waals surface area contributed by atoms with E-state index in [-0.39, 0.29) is 0 Å². The van der Waals surface area contributed by atoms with Crippen LogP contribution >= 0.6 is 0 Å². The summed E-state index contributed by atoms with van der Waals surface area (Å²) in [4.78, 5) is 0. The maximum atomic E-state index is 9.10. The molecule has 0 radical (unpaired) electrons. The zero-order valence-corrected chi connectivity index (χ0v) is 5.46. The van der Waals surface area contributed by atoms with Crippen molar-refractivity contribution in [3.8, 4) is 0 Å². The van der Waals surface area contributed by atoms with E-state index in [0.29, 0.717) is 12.1 Å². The van der Waals surface area contributed by atoms with Gasteiger partial charge in [-0.2, -0.15) is 5.06 Å². The van der Waals surface area contributed by atoms with Crippen LogP contribution in [0.1, 0.15) is 26.7 Å². The summed E-state index contributed by atoms with van der Waals surface area (Å²) < 4.78 is 0. The Morgan fingerprint density at radius 3 is 1.75 bits per heavy atom. The van der Waals surface area contributed by atoms with Gasteiger partial charge in [0.25, 0.3) is 0 Å². The summed E-state index contributed by atoms with van der Waals surface area (Å²) in [5.41, 5.74) is 0. The third-order valence-electron chi connectivity index (χ3n) is 1.91. The fraction of sp³-hybridized carbons (Fsp3) is 1.00. The van der Waals surface area contributed by atoms with Gasteiger partial charge in [-0.1, -0.05) is 0 Å². The minimum Gasteiger partial charge on any atom is -0.313 e. The van der Waals surface area contributed by atoms with E-state index in [2.05, 4.69) is 0 Å². The smallest absolute Gasteiger partial charge is 0.0325 e. The fourth-order valence-electron chi connectivity index (χ4n) is 1.18. The number of rotatable bonds is 0. The van der Waals surface area contributed by atoms with E-state index >= 15 is 0 Å². The molecule has 0 bridgehead atoms. The van der Waals surface area contributed by atoms with Gasteiger partial charge in [0.1, 0.15) is 0 Å². The van der Waals surface area contributed by atoms with Crippen LogP contribution in [0.5, 0.6) is 0 Å². The first-order valence-corrected chi connectivity index (χ1v) is 3.19. The molecule has 1 rings (SSSR count). The molecule has 8 heavy (non-hydrogen) atoms. The van der Waals surface area contributed by atoms with Gasteiger partial charge >= 0.3 is 0 Å². The minimum absolute atomic E-state index is 0.380. The van der Waals surface area contributed by atoms with E-state index < -0.39 is 0 Å². The lowest BCUT2D eigenvalue weighted by molar-refractivity contribution is -0.124. The Hall–Kier alpha value is -0.0800. The first-order chi connectivity index (χ1) is 3.72. The second-order valence-electron chi connectivity index (χ2n) is 2.66. The molecule has 1 aliphatic rings. The molecule has 2 heteroatoms. The molecule has 1 heterocycles. The van der Waals surface area contributed by atoms with Crippen molar-refractivity contribution in [3.05, 3.63) is 0 Å². The average Bonchev–Trinajstić information content (AvgIpc) is 1.98. The Balaban J connectivity index is 2.44. The summed E-state index contributed by atoms with van der Waals surface area (Å²) in [7, 11) is 0. The van der Waals surface area contributed by atoms with E-state index in [1.165, 1.54) is 5.06 Å². The predicted molar refractivity (Wildman–Crippen MR) is 31.8 cm³/mol. The molecule has 1 saturated heterocycles. The summed E-state index contributed by atoms with van der Waals surface area (Å²) in [6.45, 7) is 4.09. The second kappa shape index (κ2) is 2.03. The number of nitrogens with zero attached hydrogens (tertiary/aromatic N) is 1. The zero-order chi connectivity index (χ0) is 6.15. The Morgan fingerprint density at radius 2 is 1.62 bits per heavy atom. The van der Waals surface area contributed by atoms with Gasteiger partial charge in [0, 0.05) is 12.1 Å². The van der Waals surface area contributed by atoms with Crippen LogP contribution in [0.25, 0.3) is 0 Å². The molecule has 2 unspecified atom stereocenters. The van der Waals surface area contributed by atoms with Gasteiger partial charge < -0.3 is 5.21 Å². The first-order valence-electron chi connectivity index (χ1n) is 3.19. The van der Waals surface area contributed by atoms with E-state index in [0.717, 1.165) is 12.8 Å². The summed E-state index contributed by atoms with van der Waals surface area (Å²) in [6.07, 6.45) is 2.27. The van der Waals surface area contributed by atoms with Crippen LogP contribution in [-0.4, -0.2) is 22.4 Å². The highest BCUT2D eigenvalue weighted by molar-refractivity contribution is 4.74. The van der Waals surface area contributed by atoms with Crippen molar-refractivity contribution in [1.82, 2.24) is 5.06 Å². The normalized spacial score (nSPS) is 40.9. The number of hydrogen-bond acceptors (Lipinski definition) is 2. The maximum absolute atomic E-state index is 9.10. The molecule has 0 amide bonds. The summed E-state index contributed by atoms with van der Waals surface area (Å²) >= 11 is 0. The highest BCUT2D eigenvalue weighted by atomic mass is 16.5. The van der Waals surface area contributed by atoms with E-state index in [4.69, 9.17) is 5.21 Å². The van der Waals surface area contributed by atoms with Crippen molar-refractivity contribution in [3.63, 3.8) is 0 Å². The zero-order valence-electron chi connectivity index (χ0n) is 5.46. The number of hydrogen-bond donors (Lipinski definition) is 1. The molecule has 1 fully saturated rings. The van der Waals surface area contributed by atoms with Crippen LogP contribution in [-0.2, 0) is 0 Å². The van der Waals surface area contributed by atoms with Crippen molar-refractivity contribution >= 4 is 0 Å². The monoisotopic (exact) mass is 115 g/mol. The molecule has 0 aromatic heterocycles. The molecular weight excluding hydrogens is 102 g/mol. The van der Waals surface area contributed by atoms with Gasteiger partial charge in [-0.05, 0) is 26.7 Å². The molecule has 48 valence electrons. The topological polar surface area (TPSA) is 23.5 Å². The van der Waals surface area contributed by atoms with Gasteiger partial charge in [-0.25, -0.2) is 0 Å². The van der Waals surface area contributed by atoms with E-state index in [1.54, 1.807) is 0 Å². The van der Waals surface area contributed by atoms with Gasteiger partial charge in [0.2, 0.25) is 0 Å². The largest absolute Gasteiger partial charge is 0.313 e. The van der Waals surface area contributed by atoms with Crippen molar-refractivity contribution in [1.29, 1.82) is 0 Å². The van der Waals surface area contributed by atoms with Crippen molar-refractivity contribution in [2.45, 2.75) is 38.8 Å². The van der Waals surface area contributed by atoms with Gasteiger partial charge in [0.15, 0.2) is 0 Å². The highest BCUT2D eigenvalue weighted by Crippen LogP contribution is 2.19. The highest BCUT2D eigenvalue weighted by Gasteiger charge is 2.24. The molecular formula is C6H13NO. The first kappa shape index (κ1) is 6.05. The summed E-state index contributed by atoms with van der Waals surface area (Å²) in [5, 5.41) is 10.5. The molecule has 0 aromatic carbocycles. The van der Waals surface area contributed by atoms with Crippen LogP contribution in [0.4, 0.5) is 0 Å². The molecule has 1 N–H and O–H groups in total. The van der Waals surface area contributed by atoms with E-state index in [9.17, 15) is 0 Å². The van der Waals surface area contributed by atoms with Crippen LogP contribution in [0, 0.1) is 0 Å². The molecule has 0 aliphatic carbocycles. The third-order valence-corrected chi connectivity index (χ3v) is 1.91. The molecule has 2 atom stereocenters. The average molecular weight is 115 g/mol. The Labute approximate surface area is 50.1 Å². The van der Waals surface area contributed by atoms with Crippen LogP contribution in [0.15, 0.2) is 0 Å². The summed E-state index contributed by atoms with van der Waals surface area (Å²) in [6, 6.07) is 0.759. The van der Waals surface area contributed by atoms with Gasteiger partial charge in [-0.3, -0.25) is 0 Å². The van der Waals surface area contributed by atoms with Gasteiger partial charge in [0.05, 0.1) is 0 Å². The quantitative estimate of drug-likeness (QED) is 0.513. The van der Waals surface area contributed by atoms with Crippen LogP contribution in [0.2, 0.25) is 0 Å². The minimum atomic E-state index is 0.380. The molecule has 0 spiro atoms. The number of hydroxylamine groups is 2. The molecule has 2 nitrogen and oxygen atoms in total.